The van der Waals surface area contributed by atoms with E-state index in [1.807, 2.05) is 12.1 Å². The number of phenolic OH excluding ortho intramolecular Hbond substituents is 1. The predicted octanol–water partition coefficient (Wildman–Crippen LogP) is 2.15. The number of carbonyl (C=O) groups excluding carboxylic acids is 1. The van der Waals surface area contributed by atoms with Crippen molar-refractivity contribution in [2.24, 2.45) is 0 Å². The molecule has 0 fully saturated rings. The number of hydrogen-bond donors (Lipinski definition) is 1. The van der Waals surface area contributed by atoms with Crippen molar-refractivity contribution < 1.29 is 9.90 Å². The maximum atomic E-state index is 12.5. The Kier molecular flexibility index (Phi) is 2.94. The average molecular weight is 275 g/mol. The molecule has 6 heteroatoms. The number of aryl methyl sites for hydroxylation is 2. The molecule has 1 aromatic carbocycles. The minimum Gasteiger partial charge on any atom is -0.506 e. The molecule has 1 aromatic heterocycles. The van der Waals surface area contributed by atoms with Crippen LogP contribution in [-0.4, -0.2) is 27.1 Å². The van der Waals surface area contributed by atoms with Gasteiger partial charge in [0.25, 0.3) is 5.91 Å². The van der Waals surface area contributed by atoms with E-state index in [0.29, 0.717) is 22.8 Å². The number of rotatable bonds is 1. The van der Waals surface area contributed by atoms with E-state index in [-0.39, 0.29) is 11.7 Å². The molecule has 3 rings (SSSR count). The van der Waals surface area contributed by atoms with Crippen molar-refractivity contribution in [3.63, 3.8) is 0 Å². The van der Waals surface area contributed by atoms with Gasteiger partial charge < -0.3 is 10.0 Å². The van der Waals surface area contributed by atoms with Gasteiger partial charge in [-0.05, 0) is 42.9 Å². The van der Waals surface area contributed by atoms with Crippen LogP contribution in [0, 0.1) is 6.92 Å². The average Bonchev–Trinajstić information content (AvgIpc) is 2.84. The lowest BCUT2D eigenvalue weighted by Gasteiger charge is -2.29. The fourth-order valence-electron chi connectivity index (χ4n) is 2.38. The summed E-state index contributed by atoms with van der Waals surface area (Å²) in [5.74, 6) is 0.0237. The normalized spacial score (nSPS) is 14.3. The largest absolute Gasteiger partial charge is 0.506 e. The SMILES string of the molecule is Cc1nnsc1C(=O)N1CCCc2cccc(O)c21. The molecule has 2 heterocycles. The lowest BCUT2D eigenvalue weighted by atomic mass is 10.0. The van der Waals surface area contributed by atoms with Crippen molar-refractivity contribution in [3.8, 4) is 5.75 Å². The second-order valence-corrected chi connectivity index (χ2v) is 5.29. The predicted molar refractivity (Wildman–Crippen MR) is 72.8 cm³/mol. The van der Waals surface area contributed by atoms with Crippen LogP contribution in [0.3, 0.4) is 0 Å². The van der Waals surface area contributed by atoms with Gasteiger partial charge in [-0.25, -0.2) is 0 Å². The molecule has 0 atom stereocenters. The smallest absolute Gasteiger partial charge is 0.272 e. The number of amides is 1. The molecular formula is C13H13N3O2S. The van der Waals surface area contributed by atoms with Gasteiger partial charge in [-0.3, -0.25) is 4.79 Å². The topological polar surface area (TPSA) is 66.3 Å². The van der Waals surface area contributed by atoms with Crippen molar-refractivity contribution in [1.29, 1.82) is 0 Å². The minimum atomic E-state index is -0.130. The van der Waals surface area contributed by atoms with Crippen LogP contribution >= 0.6 is 11.5 Å². The Bertz CT molecular complexity index is 639. The Labute approximate surface area is 114 Å². The quantitative estimate of drug-likeness (QED) is 0.866. The van der Waals surface area contributed by atoms with E-state index in [4.69, 9.17) is 0 Å². The standard InChI is InChI=1S/C13H13N3O2S/c1-8-12(19-15-14-8)13(18)16-7-3-5-9-4-2-6-10(17)11(9)16/h2,4,6,17H,3,5,7H2,1H3. The van der Waals surface area contributed by atoms with E-state index in [2.05, 4.69) is 9.59 Å². The number of hydrogen-bond acceptors (Lipinski definition) is 5. The Balaban J connectivity index is 2.05. The number of carbonyl (C=O) groups is 1. The number of aromatic hydroxyl groups is 1. The highest BCUT2D eigenvalue weighted by atomic mass is 32.1. The third-order valence-electron chi connectivity index (χ3n) is 3.29. The van der Waals surface area contributed by atoms with E-state index in [0.717, 1.165) is 29.9 Å². The van der Waals surface area contributed by atoms with E-state index < -0.39 is 0 Å². The molecule has 0 unspecified atom stereocenters. The van der Waals surface area contributed by atoms with E-state index >= 15 is 0 Å². The Morgan fingerprint density at radius 1 is 1.47 bits per heavy atom. The first-order valence-electron chi connectivity index (χ1n) is 6.10. The molecule has 98 valence electrons. The van der Waals surface area contributed by atoms with Crippen LogP contribution in [0.2, 0.25) is 0 Å². The number of para-hydroxylation sites is 1. The van der Waals surface area contributed by atoms with Gasteiger partial charge in [-0.1, -0.05) is 16.6 Å². The molecule has 0 saturated carbocycles. The molecule has 5 nitrogen and oxygen atoms in total. The molecule has 0 spiro atoms. The van der Waals surface area contributed by atoms with Crippen LogP contribution in [0.5, 0.6) is 5.75 Å². The summed E-state index contributed by atoms with van der Waals surface area (Å²) in [5.41, 5.74) is 2.28. The summed E-state index contributed by atoms with van der Waals surface area (Å²) < 4.78 is 3.80. The molecule has 0 radical (unpaired) electrons. The summed E-state index contributed by atoms with van der Waals surface area (Å²) in [5, 5.41) is 13.9. The Hall–Kier alpha value is -1.95. The van der Waals surface area contributed by atoms with Crippen molar-refractivity contribution in [3.05, 3.63) is 34.3 Å². The van der Waals surface area contributed by atoms with Crippen molar-refractivity contribution in [2.45, 2.75) is 19.8 Å². The fraction of sp³-hybridized carbons (Fsp3) is 0.308. The molecule has 2 aromatic rings. The van der Waals surface area contributed by atoms with Crippen molar-refractivity contribution >= 4 is 23.1 Å². The maximum absolute atomic E-state index is 12.5. The summed E-state index contributed by atoms with van der Waals surface area (Å²) >= 11 is 1.10. The van der Waals surface area contributed by atoms with Gasteiger partial charge in [0.1, 0.15) is 10.6 Å². The molecule has 1 N–H and O–H groups in total. The third kappa shape index (κ3) is 1.98. The second kappa shape index (κ2) is 4.62. The zero-order chi connectivity index (χ0) is 13.4. The molecule has 0 bridgehead atoms. The van der Waals surface area contributed by atoms with Crippen LogP contribution in [0.1, 0.15) is 27.3 Å². The van der Waals surface area contributed by atoms with Gasteiger partial charge in [-0.2, -0.15) is 0 Å². The number of fused-ring (bicyclic) bond motifs is 1. The summed E-state index contributed by atoms with van der Waals surface area (Å²) in [6.45, 7) is 2.38. The molecule has 1 aliphatic heterocycles. The van der Waals surface area contributed by atoms with Crippen LogP contribution in [0.15, 0.2) is 18.2 Å². The number of benzene rings is 1. The molecule has 0 saturated heterocycles. The monoisotopic (exact) mass is 275 g/mol. The molecule has 19 heavy (non-hydrogen) atoms. The van der Waals surface area contributed by atoms with Crippen LogP contribution < -0.4 is 4.90 Å². The molecule has 1 aliphatic rings. The van der Waals surface area contributed by atoms with E-state index in [1.165, 1.54) is 0 Å². The Morgan fingerprint density at radius 3 is 3.05 bits per heavy atom. The van der Waals surface area contributed by atoms with E-state index in [9.17, 15) is 9.90 Å². The minimum absolute atomic E-state index is 0.130. The van der Waals surface area contributed by atoms with Gasteiger partial charge in [0.15, 0.2) is 0 Å². The highest BCUT2D eigenvalue weighted by molar-refractivity contribution is 7.08. The van der Waals surface area contributed by atoms with Crippen molar-refractivity contribution in [1.82, 2.24) is 9.59 Å². The molecule has 1 amide bonds. The highest BCUT2D eigenvalue weighted by Crippen LogP contribution is 2.36. The first-order chi connectivity index (χ1) is 9.18. The highest BCUT2D eigenvalue weighted by Gasteiger charge is 2.28. The van der Waals surface area contributed by atoms with Crippen LogP contribution in [0.4, 0.5) is 5.69 Å². The van der Waals surface area contributed by atoms with E-state index in [1.54, 1.807) is 17.9 Å². The van der Waals surface area contributed by atoms with Gasteiger partial charge in [0.2, 0.25) is 0 Å². The first-order valence-corrected chi connectivity index (χ1v) is 6.87. The van der Waals surface area contributed by atoms with Gasteiger partial charge in [-0.15, -0.1) is 5.10 Å². The summed E-state index contributed by atoms with van der Waals surface area (Å²) in [6.07, 6.45) is 1.78. The zero-order valence-electron chi connectivity index (χ0n) is 10.5. The summed E-state index contributed by atoms with van der Waals surface area (Å²) in [4.78, 5) is 14.7. The number of nitrogens with zero attached hydrogens (tertiary/aromatic N) is 3. The molecular weight excluding hydrogens is 262 g/mol. The Morgan fingerprint density at radius 2 is 2.32 bits per heavy atom. The van der Waals surface area contributed by atoms with Gasteiger partial charge in [0, 0.05) is 6.54 Å². The fourth-order valence-corrected chi connectivity index (χ4v) is 2.99. The van der Waals surface area contributed by atoms with Gasteiger partial charge in [0.05, 0.1) is 11.4 Å². The zero-order valence-corrected chi connectivity index (χ0v) is 11.3. The number of anilines is 1. The van der Waals surface area contributed by atoms with Crippen molar-refractivity contribution in [2.75, 3.05) is 11.4 Å². The molecule has 0 aliphatic carbocycles. The second-order valence-electron chi connectivity index (χ2n) is 4.53. The summed E-state index contributed by atoms with van der Waals surface area (Å²) in [7, 11) is 0. The number of phenols is 1. The number of aromatic nitrogens is 2. The third-order valence-corrected chi connectivity index (χ3v) is 4.10. The lowest BCUT2D eigenvalue weighted by Crippen LogP contribution is -2.35. The first kappa shape index (κ1) is 12.1. The van der Waals surface area contributed by atoms with Crippen LogP contribution in [0.25, 0.3) is 0 Å². The maximum Gasteiger partial charge on any atom is 0.272 e. The summed E-state index contributed by atoms with van der Waals surface area (Å²) in [6, 6.07) is 5.37. The van der Waals surface area contributed by atoms with Crippen LogP contribution in [-0.2, 0) is 6.42 Å². The lowest BCUT2D eigenvalue weighted by molar-refractivity contribution is 0.0987. The van der Waals surface area contributed by atoms with Gasteiger partial charge >= 0.3 is 0 Å².